The molecule has 0 bridgehead atoms. The molecule has 1 aliphatic carbocycles. The normalized spacial score (nSPS) is 21.1. The topological polar surface area (TPSA) is 95.9 Å². The molecule has 0 spiro atoms. The molecule has 1 saturated heterocycles. The van der Waals surface area contributed by atoms with Crippen molar-refractivity contribution in [3.8, 4) is 5.75 Å². The summed E-state index contributed by atoms with van der Waals surface area (Å²) in [4.78, 5) is 38.0. The highest BCUT2D eigenvalue weighted by Gasteiger charge is 2.49. The molecule has 2 aromatic carbocycles. The summed E-state index contributed by atoms with van der Waals surface area (Å²) in [5, 5.41) is 13.2. The number of urea groups is 1. The first-order valence-electron chi connectivity index (χ1n) is 10.5. The third-order valence-electron chi connectivity index (χ3n) is 6.05. The van der Waals surface area contributed by atoms with Gasteiger partial charge in [0.05, 0.1) is 6.54 Å². The van der Waals surface area contributed by atoms with E-state index in [0.29, 0.717) is 11.3 Å². The van der Waals surface area contributed by atoms with Crippen LogP contribution in [-0.4, -0.2) is 47.0 Å². The predicted molar refractivity (Wildman–Crippen MR) is 114 cm³/mol. The van der Waals surface area contributed by atoms with E-state index in [1.165, 1.54) is 18.1 Å². The first-order chi connectivity index (χ1) is 14.8. The molecule has 2 aliphatic rings. The van der Waals surface area contributed by atoms with Crippen LogP contribution < -0.4 is 10.1 Å². The Kier molecular flexibility index (Phi) is 5.54. The molecule has 7 nitrogen and oxygen atoms in total. The molecule has 162 valence electrons. The first-order valence-corrected chi connectivity index (χ1v) is 10.5. The minimum atomic E-state index is -1.15. The van der Waals surface area contributed by atoms with Gasteiger partial charge >= 0.3 is 6.03 Å². The number of hydrogen-bond donors (Lipinski definition) is 2. The summed E-state index contributed by atoms with van der Waals surface area (Å²) in [6, 6.07) is 12.0. The summed E-state index contributed by atoms with van der Waals surface area (Å²) in [6.45, 7) is 2.92. The Morgan fingerprint density at radius 1 is 1.16 bits per heavy atom. The van der Waals surface area contributed by atoms with Gasteiger partial charge in [-0.3, -0.25) is 14.5 Å². The van der Waals surface area contributed by atoms with Crippen LogP contribution in [0.3, 0.4) is 0 Å². The number of aliphatic hydroxyl groups excluding tert-OH is 1. The van der Waals surface area contributed by atoms with E-state index in [1.54, 1.807) is 31.2 Å². The maximum atomic E-state index is 13.1. The number of imide groups is 1. The van der Waals surface area contributed by atoms with Gasteiger partial charge in [-0.15, -0.1) is 0 Å². The van der Waals surface area contributed by atoms with Crippen molar-refractivity contribution in [2.75, 3.05) is 13.2 Å². The highest BCUT2D eigenvalue weighted by atomic mass is 16.5. The summed E-state index contributed by atoms with van der Waals surface area (Å²) < 4.78 is 5.54. The summed E-state index contributed by atoms with van der Waals surface area (Å²) in [7, 11) is 0. The largest absolute Gasteiger partial charge is 0.491 e. The van der Waals surface area contributed by atoms with Gasteiger partial charge in [0.1, 0.15) is 24.0 Å². The number of carbonyl (C=O) groups excluding carboxylic acids is 3. The molecule has 1 aliphatic heterocycles. The number of ketones is 1. The fraction of sp³-hybridized carbons (Fsp3) is 0.375. The fourth-order valence-electron chi connectivity index (χ4n) is 4.18. The standard InChI is InChI=1S/C24H26N2O5/c1-15(27)16-7-10-21(11-8-16)31-14-20(28)13-26-22(29)24(2,25-23(26)30)19-9-6-17-4-3-5-18(17)12-19/h6-12,20,28H,3-5,13-14H2,1-2H3,(H,25,30)/t20-,24+/m0/s1. The average Bonchev–Trinajstić information content (AvgIpc) is 3.31. The van der Waals surface area contributed by atoms with Crippen molar-refractivity contribution in [3.05, 3.63) is 64.7 Å². The monoisotopic (exact) mass is 422 g/mol. The van der Waals surface area contributed by atoms with Gasteiger partial charge in [0, 0.05) is 5.56 Å². The molecule has 1 heterocycles. The second kappa shape index (κ2) is 8.15. The van der Waals surface area contributed by atoms with E-state index in [2.05, 4.69) is 5.32 Å². The van der Waals surface area contributed by atoms with E-state index in [0.717, 1.165) is 29.7 Å². The number of rotatable bonds is 7. The van der Waals surface area contributed by atoms with Crippen LogP contribution in [0.1, 0.15) is 47.3 Å². The number of fused-ring (bicyclic) bond motifs is 1. The molecule has 0 radical (unpaired) electrons. The van der Waals surface area contributed by atoms with Crippen molar-refractivity contribution in [1.82, 2.24) is 10.2 Å². The number of ether oxygens (including phenoxy) is 1. The Bertz CT molecular complexity index is 1030. The zero-order chi connectivity index (χ0) is 22.2. The van der Waals surface area contributed by atoms with Gasteiger partial charge in [-0.25, -0.2) is 4.79 Å². The minimum absolute atomic E-state index is 0.0448. The quantitative estimate of drug-likeness (QED) is 0.528. The van der Waals surface area contributed by atoms with Crippen LogP contribution >= 0.6 is 0 Å². The summed E-state index contributed by atoms with van der Waals surface area (Å²) >= 11 is 0. The molecule has 2 aromatic rings. The van der Waals surface area contributed by atoms with Crippen molar-refractivity contribution in [1.29, 1.82) is 0 Å². The molecule has 0 saturated carbocycles. The number of nitrogens with one attached hydrogen (secondary N) is 1. The van der Waals surface area contributed by atoms with Crippen LogP contribution in [0.5, 0.6) is 5.75 Å². The van der Waals surface area contributed by atoms with Crippen LogP contribution in [0.4, 0.5) is 4.79 Å². The van der Waals surface area contributed by atoms with Crippen molar-refractivity contribution in [3.63, 3.8) is 0 Å². The molecule has 0 unspecified atom stereocenters. The molecule has 1 fully saturated rings. The van der Waals surface area contributed by atoms with E-state index in [4.69, 9.17) is 4.74 Å². The lowest BCUT2D eigenvalue weighted by Crippen LogP contribution is -2.42. The fourth-order valence-corrected chi connectivity index (χ4v) is 4.18. The Labute approximate surface area is 181 Å². The third-order valence-corrected chi connectivity index (χ3v) is 6.05. The van der Waals surface area contributed by atoms with Crippen molar-refractivity contribution < 1.29 is 24.2 Å². The zero-order valence-electron chi connectivity index (χ0n) is 17.7. The molecular weight excluding hydrogens is 396 g/mol. The smallest absolute Gasteiger partial charge is 0.325 e. The van der Waals surface area contributed by atoms with Crippen molar-refractivity contribution in [2.45, 2.75) is 44.8 Å². The van der Waals surface area contributed by atoms with E-state index < -0.39 is 17.7 Å². The molecule has 2 N–H and O–H groups in total. The van der Waals surface area contributed by atoms with E-state index >= 15 is 0 Å². The predicted octanol–water partition coefficient (Wildman–Crippen LogP) is 2.58. The Hall–Kier alpha value is -3.19. The van der Waals surface area contributed by atoms with Gasteiger partial charge in [0.15, 0.2) is 5.78 Å². The summed E-state index contributed by atoms with van der Waals surface area (Å²) in [5.41, 5.74) is 2.69. The minimum Gasteiger partial charge on any atom is -0.491 e. The van der Waals surface area contributed by atoms with Gasteiger partial charge < -0.3 is 15.2 Å². The number of carbonyl (C=O) groups is 3. The Morgan fingerprint density at radius 3 is 2.58 bits per heavy atom. The zero-order valence-corrected chi connectivity index (χ0v) is 17.7. The molecule has 2 atom stereocenters. The van der Waals surface area contributed by atoms with Crippen molar-refractivity contribution in [2.24, 2.45) is 0 Å². The number of nitrogens with zero attached hydrogens (tertiary/aromatic N) is 1. The number of Topliss-reactive ketones (excluding diaryl/α,β-unsaturated/α-hetero) is 1. The van der Waals surface area contributed by atoms with Gasteiger partial charge in [-0.2, -0.15) is 0 Å². The molecule has 7 heteroatoms. The summed E-state index contributed by atoms with van der Waals surface area (Å²) in [5.74, 6) is 0.0566. The lowest BCUT2D eigenvalue weighted by molar-refractivity contribution is -0.132. The second-order valence-electron chi connectivity index (χ2n) is 8.35. The van der Waals surface area contributed by atoms with Crippen LogP contribution in [0.15, 0.2) is 42.5 Å². The van der Waals surface area contributed by atoms with Crippen LogP contribution in [0.2, 0.25) is 0 Å². The van der Waals surface area contributed by atoms with Gasteiger partial charge in [-0.1, -0.05) is 18.2 Å². The number of aliphatic hydroxyl groups is 1. The number of aryl methyl sites for hydroxylation is 2. The van der Waals surface area contributed by atoms with Gasteiger partial charge in [-0.05, 0) is 74.1 Å². The van der Waals surface area contributed by atoms with Crippen LogP contribution in [0.25, 0.3) is 0 Å². The molecule has 31 heavy (non-hydrogen) atoms. The van der Waals surface area contributed by atoms with E-state index in [9.17, 15) is 19.5 Å². The van der Waals surface area contributed by atoms with E-state index in [1.807, 2.05) is 18.2 Å². The molecule has 4 rings (SSSR count). The lowest BCUT2D eigenvalue weighted by Gasteiger charge is -2.24. The molecule has 0 aromatic heterocycles. The van der Waals surface area contributed by atoms with E-state index in [-0.39, 0.29) is 24.8 Å². The number of β-amino-alcohol motifs (C(OH)–C–C–N with tert-alkyl or cyclic N) is 1. The van der Waals surface area contributed by atoms with Gasteiger partial charge in [0.2, 0.25) is 0 Å². The number of benzene rings is 2. The van der Waals surface area contributed by atoms with Crippen molar-refractivity contribution >= 4 is 17.7 Å². The maximum absolute atomic E-state index is 13.1. The third kappa shape index (κ3) is 4.05. The second-order valence-corrected chi connectivity index (χ2v) is 8.35. The highest BCUT2D eigenvalue weighted by molar-refractivity contribution is 6.07. The molecular formula is C24H26N2O5. The van der Waals surface area contributed by atoms with Gasteiger partial charge in [0.25, 0.3) is 5.91 Å². The van der Waals surface area contributed by atoms with Crippen LogP contribution in [-0.2, 0) is 23.2 Å². The highest BCUT2D eigenvalue weighted by Crippen LogP contribution is 2.32. The first kappa shape index (κ1) is 21.1. The lowest BCUT2D eigenvalue weighted by atomic mass is 9.89. The Morgan fingerprint density at radius 2 is 1.87 bits per heavy atom. The number of hydrogen-bond acceptors (Lipinski definition) is 5. The summed E-state index contributed by atoms with van der Waals surface area (Å²) in [6.07, 6.45) is 2.08. The molecule has 3 amide bonds. The number of amides is 3. The maximum Gasteiger partial charge on any atom is 0.325 e. The van der Waals surface area contributed by atoms with Crippen LogP contribution in [0, 0.1) is 0 Å². The Balaban J connectivity index is 1.40. The SMILES string of the molecule is CC(=O)c1ccc(OC[C@@H](O)CN2C(=O)N[C@](C)(c3ccc4c(c3)CCC4)C2=O)cc1. The average molecular weight is 422 g/mol.